The second kappa shape index (κ2) is 11.8. The van der Waals surface area contributed by atoms with Crippen molar-refractivity contribution in [3.05, 3.63) is 100 Å². The first-order valence-electron chi connectivity index (χ1n) is 10.6. The van der Waals surface area contributed by atoms with Gasteiger partial charge >= 0.3 is 0 Å². The molecule has 0 bridgehead atoms. The summed E-state index contributed by atoms with van der Waals surface area (Å²) in [5.74, 6) is 0.398. The minimum atomic E-state index is -0.465. The Morgan fingerprint density at radius 2 is 1.76 bits per heavy atom. The van der Waals surface area contributed by atoms with Crippen molar-refractivity contribution in [3.8, 4) is 17.6 Å². The van der Waals surface area contributed by atoms with Crippen molar-refractivity contribution in [1.82, 2.24) is 5.32 Å². The molecule has 3 rings (SSSR count). The maximum absolute atomic E-state index is 12.7. The Labute approximate surface area is 199 Å². The minimum absolute atomic E-state index is 0.0331. The summed E-state index contributed by atoms with van der Waals surface area (Å²) in [4.78, 5) is 12.7. The van der Waals surface area contributed by atoms with Crippen molar-refractivity contribution < 1.29 is 14.3 Å². The number of carbonyl (C=O) groups is 1. The van der Waals surface area contributed by atoms with E-state index in [2.05, 4.69) is 5.32 Å². The molecule has 5 nitrogen and oxygen atoms in total. The number of nitriles is 1. The number of benzene rings is 3. The summed E-state index contributed by atoms with van der Waals surface area (Å²) in [6, 6.07) is 24.4. The molecular formula is C27H25ClN2O3. The fourth-order valence-electron chi connectivity index (χ4n) is 3.22. The minimum Gasteiger partial charge on any atom is -0.490 e. The van der Waals surface area contributed by atoms with Crippen molar-refractivity contribution in [1.29, 1.82) is 5.26 Å². The van der Waals surface area contributed by atoms with Crippen LogP contribution in [0, 0.1) is 11.3 Å². The number of ether oxygens (including phenoxy) is 2. The van der Waals surface area contributed by atoms with E-state index in [1.807, 2.05) is 80.6 Å². The van der Waals surface area contributed by atoms with E-state index in [1.54, 1.807) is 12.1 Å². The number of carbonyl (C=O) groups excluding carboxylic acids is 1. The van der Waals surface area contributed by atoms with Gasteiger partial charge in [-0.15, -0.1) is 0 Å². The van der Waals surface area contributed by atoms with E-state index in [-0.39, 0.29) is 11.6 Å². The number of nitrogens with one attached hydrogen (secondary N) is 1. The first-order chi connectivity index (χ1) is 16.0. The second-order valence-electron chi connectivity index (χ2n) is 7.31. The predicted octanol–water partition coefficient (Wildman–Crippen LogP) is 6.10. The van der Waals surface area contributed by atoms with Crippen molar-refractivity contribution in [2.45, 2.75) is 26.5 Å². The van der Waals surface area contributed by atoms with Crippen molar-refractivity contribution in [2.24, 2.45) is 0 Å². The topological polar surface area (TPSA) is 71.3 Å². The van der Waals surface area contributed by atoms with Gasteiger partial charge in [-0.3, -0.25) is 4.79 Å². The van der Waals surface area contributed by atoms with Crippen LogP contribution in [0.4, 0.5) is 0 Å². The van der Waals surface area contributed by atoms with Crippen LogP contribution in [0.2, 0.25) is 5.02 Å². The maximum Gasteiger partial charge on any atom is 0.262 e. The Bertz CT molecular complexity index is 1160. The van der Waals surface area contributed by atoms with Crippen LogP contribution in [0.3, 0.4) is 0 Å². The van der Waals surface area contributed by atoms with Crippen molar-refractivity contribution in [2.75, 3.05) is 6.61 Å². The molecule has 0 saturated carbocycles. The Kier molecular flexibility index (Phi) is 8.51. The first kappa shape index (κ1) is 23.9. The molecule has 0 aliphatic carbocycles. The van der Waals surface area contributed by atoms with Gasteiger partial charge in [0.15, 0.2) is 11.5 Å². The largest absolute Gasteiger partial charge is 0.490 e. The van der Waals surface area contributed by atoms with Crippen LogP contribution < -0.4 is 14.8 Å². The van der Waals surface area contributed by atoms with E-state index in [4.69, 9.17) is 21.1 Å². The molecule has 1 amide bonds. The quantitative estimate of drug-likeness (QED) is 0.309. The molecule has 0 unspecified atom stereocenters. The molecule has 0 spiro atoms. The third-order valence-corrected chi connectivity index (χ3v) is 5.16. The average Bonchev–Trinajstić information content (AvgIpc) is 2.83. The van der Waals surface area contributed by atoms with Gasteiger partial charge < -0.3 is 14.8 Å². The van der Waals surface area contributed by atoms with Crippen LogP contribution in [0.15, 0.2) is 78.4 Å². The van der Waals surface area contributed by atoms with Gasteiger partial charge in [0.2, 0.25) is 0 Å². The van der Waals surface area contributed by atoms with Gasteiger partial charge in [-0.05, 0) is 48.7 Å². The van der Waals surface area contributed by atoms with Gasteiger partial charge in [-0.2, -0.15) is 5.26 Å². The highest BCUT2D eigenvalue weighted by atomic mass is 35.5. The third kappa shape index (κ3) is 6.61. The van der Waals surface area contributed by atoms with Crippen LogP contribution in [-0.4, -0.2) is 12.5 Å². The molecule has 0 aliphatic heterocycles. The van der Waals surface area contributed by atoms with Gasteiger partial charge in [0.25, 0.3) is 5.91 Å². The molecule has 1 N–H and O–H groups in total. The Hall–Kier alpha value is -3.75. The number of hydrogen-bond acceptors (Lipinski definition) is 4. The van der Waals surface area contributed by atoms with Crippen LogP contribution in [-0.2, 0) is 11.4 Å². The van der Waals surface area contributed by atoms with E-state index >= 15 is 0 Å². The molecule has 33 heavy (non-hydrogen) atoms. The summed E-state index contributed by atoms with van der Waals surface area (Å²) < 4.78 is 11.6. The summed E-state index contributed by atoms with van der Waals surface area (Å²) >= 11 is 6.49. The normalized spacial score (nSPS) is 11.9. The highest BCUT2D eigenvalue weighted by molar-refractivity contribution is 6.32. The molecular weight excluding hydrogens is 436 g/mol. The molecule has 168 valence electrons. The predicted molar refractivity (Wildman–Crippen MR) is 130 cm³/mol. The Morgan fingerprint density at radius 3 is 2.39 bits per heavy atom. The highest BCUT2D eigenvalue weighted by Crippen LogP contribution is 2.38. The van der Waals surface area contributed by atoms with Gasteiger partial charge in [0.05, 0.1) is 17.7 Å². The van der Waals surface area contributed by atoms with E-state index in [1.165, 1.54) is 6.08 Å². The van der Waals surface area contributed by atoms with E-state index in [0.717, 1.165) is 11.1 Å². The van der Waals surface area contributed by atoms with Crippen molar-refractivity contribution >= 4 is 23.6 Å². The lowest BCUT2D eigenvalue weighted by molar-refractivity contribution is -0.117. The monoisotopic (exact) mass is 460 g/mol. The summed E-state index contributed by atoms with van der Waals surface area (Å²) in [5.41, 5.74) is 2.48. The summed E-state index contributed by atoms with van der Waals surface area (Å²) in [7, 11) is 0. The fraction of sp³-hybridized carbons (Fsp3) is 0.185. The molecule has 3 aromatic carbocycles. The summed E-state index contributed by atoms with van der Waals surface area (Å²) in [5, 5.41) is 12.8. The van der Waals surface area contributed by atoms with E-state index < -0.39 is 5.91 Å². The van der Waals surface area contributed by atoms with Crippen LogP contribution in [0.1, 0.15) is 36.6 Å². The first-order valence-corrected chi connectivity index (χ1v) is 11.0. The zero-order valence-electron chi connectivity index (χ0n) is 18.5. The van der Waals surface area contributed by atoms with Gasteiger partial charge in [-0.1, -0.05) is 72.3 Å². The number of rotatable bonds is 9. The Balaban J connectivity index is 1.81. The SMILES string of the molecule is CCOc1cc(/C=C(/C#N)C(=O)N[C@H](C)c2ccccc2)cc(Cl)c1OCc1ccccc1. The summed E-state index contributed by atoms with van der Waals surface area (Å²) in [6.45, 7) is 4.46. The van der Waals surface area contributed by atoms with Gasteiger partial charge in [0, 0.05) is 0 Å². The molecule has 0 fully saturated rings. The van der Waals surface area contributed by atoms with E-state index in [9.17, 15) is 10.1 Å². The lowest BCUT2D eigenvalue weighted by Crippen LogP contribution is -2.27. The third-order valence-electron chi connectivity index (χ3n) is 4.88. The van der Waals surface area contributed by atoms with Gasteiger partial charge in [-0.25, -0.2) is 0 Å². The zero-order chi connectivity index (χ0) is 23.6. The molecule has 0 aromatic heterocycles. The molecule has 3 aromatic rings. The molecule has 0 radical (unpaired) electrons. The Morgan fingerprint density at radius 1 is 1.09 bits per heavy atom. The zero-order valence-corrected chi connectivity index (χ0v) is 19.3. The number of nitrogens with zero attached hydrogens (tertiary/aromatic N) is 1. The average molecular weight is 461 g/mol. The van der Waals surface area contributed by atoms with Gasteiger partial charge in [0.1, 0.15) is 18.2 Å². The van der Waals surface area contributed by atoms with E-state index in [0.29, 0.717) is 35.3 Å². The maximum atomic E-state index is 12.7. The smallest absolute Gasteiger partial charge is 0.262 e. The molecule has 0 aliphatic rings. The lowest BCUT2D eigenvalue weighted by Gasteiger charge is -2.15. The molecule has 0 saturated heterocycles. The highest BCUT2D eigenvalue weighted by Gasteiger charge is 2.16. The number of amides is 1. The standard InChI is InChI=1S/C27H25ClN2O3/c1-3-32-25-16-21(15-24(28)26(25)33-18-20-10-6-4-7-11-20)14-23(17-29)27(31)30-19(2)22-12-8-5-9-13-22/h4-16,19H,3,18H2,1-2H3,(H,30,31)/b23-14-/t19-/m1/s1. The number of hydrogen-bond donors (Lipinski definition) is 1. The van der Waals surface area contributed by atoms with Crippen LogP contribution >= 0.6 is 11.6 Å². The molecule has 6 heteroatoms. The van der Waals surface area contributed by atoms with Crippen molar-refractivity contribution in [3.63, 3.8) is 0 Å². The lowest BCUT2D eigenvalue weighted by atomic mass is 10.1. The fourth-order valence-corrected chi connectivity index (χ4v) is 3.49. The van der Waals surface area contributed by atoms with Crippen LogP contribution in [0.5, 0.6) is 11.5 Å². The number of halogens is 1. The summed E-state index contributed by atoms with van der Waals surface area (Å²) in [6.07, 6.45) is 1.49. The second-order valence-corrected chi connectivity index (χ2v) is 7.72. The molecule has 1 atom stereocenters. The van der Waals surface area contributed by atoms with Crippen LogP contribution in [0.25, 0.3) is 6.08 Å². The molecule has 0 heterocycles.